The maximum atomic E-state index is 11.0. The highest BCUT2D eigenvalue weighted by molar-refractivity contribution is 5.74. The minimum atomic E-state index is 0.0311. The Morgan fingerprint density at radius 3 is 2.77 bits per heavy atom. The summed E-state index contributed by atoms with van der Waals surface area (Å²) in [4.78, 5) is 12.9. The third-order valence-corrected chi connectivity index (χ3v) is 3.14. The minimum absolute atomic E-state index is 0.0311. The molecule has 3 nitrogen and oxygen atoms in total. The van der Waals surface area contributed by atoms with Crippen LogP contribution < -0.4 is 0 Å². The molecule has 1 spiro atoms. The van der Waals surface area contributed by atoms with Crippen LogP contribution >= 0.6 is 0 Å². The van der Waals surface area contributed by atoms with Crippen LogP contribution in [0.25, 0.3) is 0 Å². The quantitative estimate of drug-likeness (QED) is 0.561. The van der Waals surface area contributed by atoms with E-state index in [9.17, 15) is 4.79 Å². The van der Waals surface area contributed by atoms with E-state index in [0.717, 1.165) is 32.0 Å². The van der Waals surface area contributed by atoms with E-state index < -0.39 is 0 Å². The second-order valence-electron chi connectivity index (χ2n) is 4.50. The Bertz CT molecular complexity index is 221. The first-order valence-electron chi connectivity index (χ1n) is 5.01. The van der Waals surface area contributed by atoms with Crippen LogP contribution in [0, 0.1) is 5.92 Å². The SMILES string of the molecule is CC(=O)N1CC2(C[C@H](C)CCO2)C1. The van der Waals surface area contributed by atoms with Gasteiger partial charge >= 0.3 is 0 Å². The van der Waals surface area contributed by atoms with Crippen molar-refractivity contribution in [2.75, 3.05) is 19.7 Å². The van der Waals surface area contributed by atoms with Gasteiger partial charge in [-0.15, -0.1) is 0 Å². The summed E-state index contributed by atoms with van der Waals surface area (Å²) in [6.45, 7) is 6.38. The van der Waals surface area contributed by atoms with E-state index in [2.05, 4.69) is 6.92 Å². The van der Waals surface area contributed by atoms with Gasteiger partial charge in [0, 0.05) is 13.5 Å². The fraction of sp³-hybridized carbons (Fsp3) is 0.900. The van der Waals surface area contributed by atoms with Crippen molar-refractivity contribution < 1.29 is 9.53 Å². The van der Waals surface area contributed by atoms with Crippen molar-refractivity contribution in [3.8, 4) is 0 Å². The molecule has 2 saturated heterocycles. The molecule has 2 aliphatic heterocycles. The fourth-order valence-electron chi connectivity index (χ4n) is 2.37. The summed E-state index contributed by atoms with van der Waals surface area (Å²) in [6, 6.07) is 0. The van der Waals surface area contributed by atoms with Gasteiger partial charge in [0.05, 0.1) is 13.1 Å². The van der Waals surface area contributed by atoms with Crippen LogP contribution in [0.2, 0.25) is 0 Å². The average Bonchev–Trinajstić information content (AvgIpc) is 1.99. The molecular weight excluding hydrogens is 166 g/mol. The Hall–Kier alpha value is -0.570. The lowest BCUT2D eigenvalue weighted by Gasteiger charge is -2.52. The van der Waals surface area contributed by atoms with Gasteiger partial charge in [0.25, 0.3) is 0 Å². The number of hydrogen-bond donors (Lipinski definition) is 0. The van der Waals surface area contributed by atoms with Crippen molar-refractivity contribution in [3.05, 3.63) is 0 Å². The van der Waals surface area contributed by atoms with Crippen LogP contribution in [0.4, 0.5) is 0 Å². The summed E-state index contributed by atoms with van der Waals surface area (Å²) in [5.74, 6) is 0.926. The molecule has 0 unspecified atom stereocenters. The third-order valence-electron chi connectivity index (χ3n) is 3.14. The van der Waals surface area contributed by atoms with Crippen LogP contribution in [-0.4, -0.2) is 36.1 Å². The maximum absolute atomic E-state index is 11.0. The number of hydrogen-bond acceptors (Lipinski definition) is 2. The van der Waals surface area contributed by atoms with Gasteiger partial charge in [-0.05, 0) is 18.8 Å². The number of carbonyl (C=O) groups excluding carboxylic acids is 1. The second kappa shape index (κ2) is 2.98. The van der Waals surface area contributed by atoms with Gasteiger partial charge in [-0.3, -0.25) is 4.79 Å². The molecule has 0 aromatic rings. The zero-order chi connectivity index (χ0) is 9.47. The topological polar surface area (TPSA) is 29.5 Å². The van der Waals surface area contributed by atoms with Crippen LogP contribution in [0.15, 0.2) is 0 Å². The molecule has 0 aliphatic carbocycles. The van der Waals surface area contributed by atoms with Crippen molar-refractivity contribution in [1.29, 1.82) is 0 Å². The molecule has 0 aromatic heterocycles. The number of likely N-dealkylation sites (tertiary alicyclic amines) is 1. The lowest BCUT2D eigenvalue weighted by atomic mass is 9.81. The van der Waals surface area contributed by atoms with Crippen molar-refractivity contribution >= 4 is 5.91 Å². The maximum Gasteiger partial charge on any atom is 0.219 e. The Balaban J connectivity index is 1.91. The molecule has 2 fully saturated rings. The number of nitrogens with zero attached hydrogens (tertiary/aromatic N) is 1. The molecule has 3 heteroatoms. The third kappa shape index (κ3) is 1.57. The monoisotopic (exact) mass is 183 g/mol. The smallest absolute Gasteiger partial charge is 0.219 e. The number of ether oxygens (including phenoxy) is 1. The fourth-order valence-corrected chi connectivity index (χ4v) is 2.37. The minimum Gasteiger partial charge on any atom is -0.371 e. The molecule has 0 aromatic carbocycles. The lowest BCUT2D eigenvalue weighted by Crippen LogP contribution is -2.66. The van der Waals surface area contributed by atoms with Crippen LogP contribution in [0.5, 0.6) is 0 Å². The van der Waals surface area contributed by atoms with Crippen molar-refractivity contribution in [1.82, 2.24) is 4.90 Å². The van der Waals surface area contributed by atoms with E-state index >= 15 is 0 Å². The van der Waals surface area contributed by atoms with Gasteiger partial charge in [-0.2, -0.15) is 0 Å². The number of amides is 1. The molecule has 0 radical (unpaired) electrons. The van der Waals surface area contributed by atoms with Crippen molar-refractivity contribution in [3.63, 3.8) is 0 Å². The van der Waals surface area contributed by atoms with Gasteiger partial charge < -0.3 is 9.64 Å². The van der Waals surface area contributed by atoms with Gasteiger partial charge in [0.1, 0.15) is 5.60 Å². The molecule has 0 N–H and O–H groups in total. The molecule has 0 saturated carbocycles. The molecule has 0 bridgehead atoms. The standard InChI is InChI=1S/C10H17NO2/c1-8-3-4-13-10(5-8)6-11(7-10)9(2)12/h8H,3-7H2,1-2H3/t8-/m1/s1. The van der Waals surface area contributed by atoms with Crippen LogP contribution in [0.3, 0.4) is 0 Å². The van der Waals surface area contributed by atoms with Crippen LogP contribution in [0.1, 0.15) is 26.7 Å². The predicted molar refractivity (Wildman–Crippen MR) is 49.3 cm³/mol. The van der Waals surface area contributed by atoms with Gasteiger partial charge in [-0.25, -0.2) is 0 Å². The Labute approximate surface area is 79.0 Å². The largest absolute Gasteiger partial charge is 0.371 e. The van der Waals surface area contributed by atoms with E-state index in [4.69, 9.17) is 4.74 Å². The predicted octanol–water partition coefficient (Wildman–Crippen LogP) is 1.03. The van der Waals surface area contributed by atoms with E-state index in [1.165, 1.54) is 6.42 Å². The zero-order valence-corrected chi connectivity index (χ0v) is 8.38. The summed E-state index contributed by atoms with van der Waals surface area (Å²) in [7, 11) is 0. The normalized spacial score (nSPS) is 31.5. The molecule has 2 rings (SSSR count). The molecule has 74 valence electrons. The Kier molecular flexibility index (Phi) is 2.06. The Morgan fingerprint density at radius 2 is 2.23 bits per heavy atom. The van der Waals surface area contributed by atoms with Gasteiger partial charge in [0.15, 0.2) is 0 Å². The number of carbonyl (C=O) groups is 1. The molecule has 2 heterocycles. The Morgan fingerprint density at radius 1 is 1.54 bits per heavy atom. The van der Waals surface area contributed by atoms with E-state index in [0.29, 0.717) is 0 Å². The molecule has 1 amide bonds. The molecular formula is C10H17NO2. The molecule has 13 heavy (non-hydrogen) atoms. The lowest BCUT2D eigenvalue weighted by molar-refractivity contribution is -0.185. The van der Waals surface area contributed by atoms with Gasteiger partial charge in [-0.1, -0.05) is 6.92 Å². The highest BCUT2D eigenvalue weighted by atomic mass is 16.5. The van der Waals surface area contributed by atoms with Crippen LogP contribution in [-0.2, 0) is 9.53 Å². The van der Waals surface area contributed by atoms with Crippen molar-refractivity contribution in [2.45, 2.75) is 32.3 Å². The van der Waals surface area contributed by atoms with E-state index in [-0.39, 0.29) is 11.5 Å². The van der Waals surface area contributed by atoms with E-state index in [1.807, 2.05) is 4.90 Å². The molecule has 1 atom stereocenters. The molecule has 2 aliphatic rings. The van der Waals surface area contributed by atoms with E-state index in [1.54, 1.807) is 6.92 Å². The summed E-state index contributed by atoms with van der Waals surface area (Å²) in [6.07, 6.45) is 2.29. The average molecular weight is 183 g/mol. The van der Waals surface area contributed by atoms with Gasteiger partial charge in [0.2, 0.25) is 5.91 Å². The first-order valence-corrected chi connectivity index (χ1v) is 5.01. The van der Waals surface area contributed by atoms with Crippen molar-refractivity contribution in [2.24, 2.45) is 5.92 Å². The summed E-state index contributed by atoms with van der Waals surface area (Å²) in [5.41, 5.74) is 0.0311. The second-order valence-corrected chi connectivity index (χ2v) is 4.50. The summed E-state index contributed by atoms with van der Waals surface area (Å²) >= 11 is 0. The first-order chi connectivity index (χ1) is 6.11. The highest BCUT2D eigenvalue weighted by Gasteiger charge is 2.47. The highest BCUT2D eigenvalue weighted by Crippen LogP contribution is 2.36. The first kappa shape index (κ1) is 9.00. The number of rotatable bonds is 0. The zero-order valence-electron chi connectivity index (χ0n) is 8.38. The summed E-state index contributed by atoms with van der Waals surface area (Å²) < 4.78 is 5.76. The summed E-state index contributed by atoms with van der Waals surface area (Å²) in [5, 5.41) is 0.